The fraction of sp³-hybridized carbons (Fsp3) is 0.385. The summed E-state index contributed by atoms with van der Waals surface area (Å²) in [5, 5.41) is 28.8. The van der Waals surface area contributed by atoms with Crippen molar-refractivity contribution in [3.8, 4) is 45.1 Å². The maximum atomic E-state index is 13.9. The fourth-order valence-electron chi connectivity index (χ4n) is 8.12. The normalized spacial score (nSPS) is 16.1. The van der Waals surface area contributed by atoms with Crippen LogP contribution in [0.3, 0.4) is 0 Å². The van der Waals surface area contributed by atoms with Gasteiger partial charge in [-0.15, -0.1) is 0 Å². The molecule has 336 valence electrons. The van der Waals surface area contributed by atoms with Gasteiger partial charge in [-0.1, -0.05) is 126 Å². The Morgan fingerprint density at radius 1 is 0.656 bits per heavy atom. The van der Waals surface area contributed by atoms with Crippen molar-refractivity contribution in [1.29, 1.82) is 0 Å². The van der Waals surface area contributed by atoms with Gasteiger partial charge in [0.2, 0.25) is 11.8 Å². The van der Waals surface area contributed by atoms with E-state index in [1.54, 1.807) is 44.8 Å². The molecule has 3 atom stereocenters. The van der Waals surface area contributed by atoms with Crippen LogP contribution in [-0.4, -0.2) is 56.2 Å². The average molecular weight is 867 g/mol. The number of carbonyl (C=O) groups is 2. The van der Waals surface area contributed by atoms with Crippen LogP contribution >= 0.6 is 0 Å². The number of ether oxygens (including phenoxy) is 2. The highest BCUT2D eigenvalue weighted by Crippen LogP contribution is 2.57. The summed E-state index contributed by atoms with van der Waals surface area (Å²) in [6, 6.07) is 30.5. The molecule has 4 aromatic carbocycles. The smallest absolute Gasteiger partial charge is 0.229 e. The molecule has 2 amide bonds. The second-order valence-corrected chi connectivity index (χ2v) is 18.9. The number of amides is 2. The number of aliphatic hydroxyl groups is 2. The highest BCUT2D eigenvalue weighted by atomic mass is 16.5. The Morgan fingerprint density at radius 2 is 1.08 bits per heavy atom. The molecule has 0 saturated heterocycles. The molecule has 12 heteroatoms. The maximum Gasteiger partial charge on any atom is 0.229 e. The molecule has 2 aliphatic rings. The molecule has 0 aliphatic heterocycles. The molecular formula is C52H62N6O6. The third kappa shape index (κ3) is 9.78. The summed E-state index contributed by atoms with van der Waals surface area (Å²) in [4.78, 5) is 43.2. The Hall–Kier alpha value is -6.24. The molecule has 2 saturated carbocycles. The number of benzene rings is 4. The molecule has 6 aromatic rings. The lowest BCUT2D eigenvalue weighted by atomic mass is 9.84. The van der Waals surface area contributed by atoms with Gasteiger partial charge in [-0.3, -0.25) is 9.59 Å². The fourth-order valence-corrected chi connectivity index (χ4v) is 8.12. The van der Waals surface area contributed by atoms with E-state index in [-0.39, 0.29) is 23.8 Å². The van der Waals surface area contributed by atoms with E-state index in [0.717, 1.165) is 39.6 Å². The number of aliphatic hydroxyl groups excluding tert-OH is 2. The molecule has 2 aliphatic carbocycles. The van der Waals surface area contributed by atoms with Crippen LogP contribution in [0, 0.1) is 22.2 Å². The van der Waals surface area contributed by atoms with Gasteiger partial charge in [-0.05, 0) is 71.4 Å². The predicted octanol–water partition coefficient (Wildman–Crippen LogP) is 9.66. The summed E-state index contributed by atoms with van der Waals surface area (Å²) < 4.78 is 10.9. The van der Waals surface area contributed by atoms with Crippen LogP contribution in [0.2, 0.25) is 0 Å². The zero-order valence-corrected chi connectivity index (χ0v) is 38.2. The van der Waals surface area contributed by atoms with Gasteiger partial charge in [0.15, 0.2) is 0 Å². The van der Waals surface area contributed by atoms with Crippen molar-refractivity contribution >= 4 is 11.8 Å². The summed E-state index contributed by atoms with van der Waals surface area (Å²) >= 11 is 0. The van der Waals surface area contributed by atoms with Crippen LogP contribution in [0.4, 0.5) is 0 Å². The second kappa shape index (κ2) is 18.8. The van der Waals surface area contributed by atoms with Crippen molar-refractivity contribution < 1.29 is 29.3 Å². The van der Waals surface area contributed by atoms with Gasteiger partial charge in [0.1, 0.15) is 23.1 Å². The van der Waals surface area contributed by atoms with Crippen LogP contribution in [0.15, 0.2) is 109 Å². The van der Waals surface area contributed by atoms with Gasteiger partial charge in [0.05, 0.1) is 73.6 Å². The van der Waals surface area contributed by atoms with E-state index in [2.05, 4.69) is 91.4 Å². The number of aromatic nitrogens is 4. The van der Waals surface area contributed by atoms with Gasteiger partial charge < -0.3 is 40.3 Å². The molecule has 3 unspecified atom stereocenters. The van der Waals surface area contributed by atoms with Crippen LogP contribution < -0.4 is 20.1 Å². The summed E-state index contributed by atoms with van der Waals surface area (Å²) in [6.07, 6.45) is 3.95. The Labute approximate surface area is 376 Å². The predicted molar refractivity (Wildman–Crippen MR) is 249 cm³/mol. The van der Waals surface area contributed by atoms with Crippen molar-refractivity contribution in [3.63, 3.8) is 0 Å². The number of para-hydroxylation sites is 2. The van der Waals surface area contributed by atoms with Crippen LogP contribution in [0.5, 0.6) is 11.5 Å². The molecule has 12 nitrogen and oxygen atoms in total. The molecule has 2 heterocycles. The van der Waals surface area contributed by atoms with Gasteiger partial charge in [0, 0.05) is 11.1 Å². The standard InChI is InChI=1S/C48H52N6O6.C4H10/c1-46(2,3)40(54-45(58)48(24-25-48)42(56)34-11-7-9-13-38(34)60-5)43-50-27-36(53-43)32-20-16-30(17-21-32)29-14-18-31(19-15-29)35-26-49-39(52-35)28-51-44(57)47(22-23-47)41(55)33-10-6-8-12-37(33)59-4;1-4(2)3/h6-21,26-27,40-42,55-56H,22-25,28H2,1-5H3,(H,49,52)(H,50,53)(H,51,57)(H,54,58);4H,1-3H3. The number of hydrogen-bond donors (Lipinski definition) is 6. The van der Waals surface area contributed by atoms with Crippen LogP contribution in [0.25, 0.3) is 33.6 Å². The third-order valence-electron chi connectivity index (χ3n) is 12.2. The van der Waals surface area contributed by atoms with E-state index >= 15 is 0 Å². The zero-order valence-electron chi connectivity index (χ0n) is 38.2. The largest absolute Gasteiger partial charge is 0.496 e. The topological polar surface area (TPSA) is 174 Å². The summed E-state index contributed by atoms with van der Waals surface area (Å²) in [7, 11) is 3.12. The average Bonchev–Trinajstić information content (AvgIpc) is 4.19. The number of H-pyrrole nitrogens is 2. The molecule has 0 spiro atoms. The molecule has 64 heavy (non-hydrogen) atoms. The number of nitrogens with zero attached hydrogens (tertiary/aromatic N) is 2. The molecule has 2 fully saturated rings. The maximum absolute atomic E-state index is 13.9. The van der Waals surface area contributed by atoms with Gasteiger partial charge in [-0.25, -0.2) is 9.97 Å². The van der Waals surface area contributed by atoms with Crippen molar-refractivity contribution in [3.05, 3.63) is 132 Å². The molecule has 0 bridgehead atoms. The van der Waals surface area contributed by atoms with E-state index in [1.165, 1.54) is 0 Å². The zero-order chi connectivity index (χ0) is 45.8. The van der Waals surface area contributed by atoms with Crippen molar-refractivity contribution in [1.82, 2.24) is 30.6 Å². The minimum absolute atomic E-state index is 0.199. The molecular weight excluding hydrogens is 805 g/mol. The van der Waals surface area contributed by atoms with E-state index < -0.39 is 29.1 Å². The Morgan fingerprint density at radius 3 is 1.53 bits per heavy atom. The highest BCUT2D eigenvalue weighted by molar-refractivity contribution is 5.87. The number of methoxy groups -OCH3 is 2. The minimum atomic E-state index is -0.991. The van der Waals surface area contributed by atoms with Gasteiger partial charge >= 0.3 is 0 Å². The second-order valence-electron chi connectivity index (χ2n) is 18.9. The molecule has 8 rings (SSSR count). The molecule has 2 aromatic heterocycles. The molecule has 6 N–H and O–H groups in total. The van der Waals surface area contributed by atoms with Crippen molar-refractivity contribution in [2.45, 2.75) is 92.0 Å². The summed E-state index contributed by atoms with van der Waals surface area (Å²) in [5.41, 5.74) is 4.71. The lowest BCUT2D eigenvalue weighted by Crippen LogP contribution is -2.43. The monoisotopic (exact) mass is 866 g/mol. The lowest BCUT2D eigenvalue weighted by Gasteiger charge is -2.32. The van der Waals surface area contributed by atoms with E-state index in [4.69, 9.17) is 14.5 Å². The summed E-state index contributed by atoms with van der Waals surface area (Å²) in [5.74, 6) is 2.82. The Balaban J connectivity index is 0.00000147. The lowest BCUT2D eigenvalue weighted by molar-refractivity contribution is -0.133. The number of carbonyl (C=O) groups excluding carboxylic acids is 2. The number of imidazole rings is 2. The highest BCUT2D eigenvalue weighted by Gasteiger charge is 2.58. The van der Waals surface area contributed by atoms with Gasteiger partial charge in [0.25, 0.3) is 0 Å². The first kappa shape index (κ1) is 45.8. The summed E-state index contributed by atoms with van der Waals surface area (Å²) in [6.45, 7) is 12.9. The van der Waals surface area contributed by atoms with Crippen LogP contribution in [-0.2, 0) is 16.1 Å². The van der Waals surface area contributed by atoms with Crippen molar-refractivity contribution in [2.24, 2.45) is 22.2 Å². The third-order valence-corrected chi connectivity index (χ3v) is 12.2. The first-order valence-electron chi connectivity index (χ1n) is 22.1. The Bertz CT molecular complexity index is 2530. The first-order chi connectivity index (χ1) is 30.6. The number of nitrogens with one attached hydrogen (secondary N) is 4. The van der Waals surface area contributed by atoms with E-state index in [9.17, 15) is 19.8 Å². The van der Waals surface area contributed by atoms with E-state index in [1.807, 2.05) is 54.6 Å². The Kier molecular flexibility index (Phi) is 13.5. The first-order valence-corrected chi connectivity index (χ1v) is 22.1. The number of aromatic amines is 2. The molecule has 0 radical (unpaired) electrons. The number of rotatable bonds is 15. The number of hydrogen-bond acceptors (Lipinski definition) is 8. The minimum Gasteiger partial charge on any atom is -0.496 e. The quantitative estimate of drug-likeness (QED) is 0.0592. The van der Waals surface area contributed by atoms with Gasteiger partial charge in [-0.2, -0.15) is 0 Å². The van der Waals surface area contributed by atoms with Crippen molar-refractivity contribution in [2.75, 3.05) is 14.2 Å². The van der Waals surface area contributed by atoms with Crippen LogP contribution in [0.1, 0.15) is 108 Å². The SMILES string of the molecule is CC(C)C.COc1ccccc1C(O)C1(C(=O)NCc2ncc(-c3ccc(-c4ccc(-c5cnc(C(NC(=O)C6(C(O)c7ccccc7OC)CC6)C(C)(C)C)[nH]5)cc4)cc3)[nH]2)CC1. The van der Waals surface area contributed by atoms with E-state index in [0.29, 0.717) is 60.0 Å².